The molecular formula is C27H24N2O2. The molecule has 3 aliphatic rings. The van der Waals surface area contributed by atoms with E-state index in [1.807, 2.05) is 42.5 Å². The van der Waals surface area contributed by atoms with Crippen molar-refractivity contribution >= 4 is 11.8 Å². The van der Waals surface area contributed by atoms with Crippen LogP contribution in [0.25, 0.3) is 6.08 Å². The summed E-state index contributed by atoms with van der Waals surface area (Å²) in [5, 5.41) is 17.6. The molecule has 0 amide bonds. The van der Waals surface area contributed by atoms with Crippen LogP contribution in [0, 0.1) is 5.92 Å². The molecule has 2 aliphatic heterocycles. The van der Waals surface area contributed by atoms with Crippen molar-refractivity contribution in [2.75, 3.05) is 0 Å². The van der Waals surface area contributed by atoms with Gasteiger partial charge in [0.2, 0.25) is 6.23 Å². The zero-order valence-corrected chi connectivity index (χ0v) is 17.2. The van der Waals surface area contributed by atoms with E-state index in [-0.39, 0.29) is 12.3 Å². The maximum absolute atomic E-state index is 10.3. The van der Waals surface area contributed by atoms with E-state index in [2.05, 4.69) is 41.4 Å². The highest BCUT2D eigenvalue weighted by Gasteiger charge is 2.48. The van der Waals surface area contributed by atoms with Gasteiger partial charge in [-0.1, -0.05) is 66.7 Å². The minimum atomic E-state index is -0.245. The lowest BCUT2D eigenvalue weighted by molar-refractivity contribution is -0.0293. The predicted octanol–water partition coefficient (Wildman–Crippen LogP) is 6.08. The maximum Gasteiger partial charge on any atom is 0.213 e. The summed E-state index contributed by atoms with van der Waals surface area (Å²) in [5.41, 5.74) is 5.53. The van der Waals surface area contributed by atoms with Crippen LogP contribution in [0.4, 0.5) is 0 Å². The largest absolute Gasteiger partial charge is 0.507 e. The summed E-state index contributed by atoms with van der Waals surface area (Å²) >= 11 is 0. The standard InChI is InChI=1S/C27H24N2O2/c30-23-15-6-4-11-19(23)17-20-12-8-14-22-25(20)28-29-26(22)21-13-5-7-16-24(21)31-27(29)18-9-2-1-3-10-18/h1-7,9-11,13,15-17,22,26-27,30H,8,12,14H2/b20-17+. The van der Waals surface area contributed by atoms with Crippen LogP contribution in [0.15, 0.2) is 89.5 Å². The molecule has 3 aromatic rings. The third-order valence-electron chi connectivity index (χ3n) is 6.60. The van der Waals surface area contributed by atoms with Crippen molar-refractivity contribution in [3.05, 3.63) is 101 Å². The molecule has 0 aromatic heterocycles. The van der Waals surface area contributed by atoms with Gasteiger partial charge in [0.05, 0.1) is 11.8 Å². The van der Waals surface area contributed by atoms with Gasteiger partial charge >= 0.3 is 0 Å². The lowest BCUT2D eigenvalue weighted by atomic mass is 9.77. The normalized spacial score (nSPS) is 25.3. The fourth-order valence-electron chi connectivity index (χ4n) is 5.18. The number of hydrazone groups is 1. The number of nitrogens with zero attached hydrogens (tertiary/aromatic N) is 2. The molecular weight excluding hydrogens is 384 g/mol. The van der Waals surface area contributed by atoms with Crippen molar-refractivity contribution in [1.29, 1.82) is 0 Å². The number of phenols is 1. The Morgan fingerprint density at radius 2 is 1.71 bits per heavy atom. The van der Waals surface area contributed by atoms with E-state index in [4.69, 9.17) is 9.84 Å². The van der Waals surface area contributed by atoms with Gasteiger partial charge in [-0.3, -0.25) is 0 Å². The average Bonchev–Trinajstić information content (AvgIpc) is 3.22. The van der Waals surface area contributed by atoms with E-state index in [1.165, 1.54) is 11.1 Å². The number of para-hydroxylation sites is 2. The summed E-state index contributed by atoms with van der Waals surface area (Å²) in [6.45, 7) is 0. The Labute approximate surface area is 182 Å². The van der Waals surface area contributed by atoms with Crippen LogP contribution in [-0.2, 0) is 0 Å². The van der Waals surface area contributed by atoms with Gasteiger partial charge in [-0.15, -0.1) is 0 Å². The highest BCUT2D eigenvalue weighted by molar-refractivity contribution is 6.07. The quantitative estimate of drug-likeness (QED) is 0.559. The first-order valence-electron chi connectivity index (χ1n) is 11.0. The molecule has 1 saturated carbocycles. The summed E-state index contributed by atoms with van der Waals surface area (Å²) in [4.78, 5) is 0. The fourth-order valence-corrected chi connectivity index (χ4v) is 5.18. The molecule has 4 nitrogen and oxygen atoms in total. The Bertz CT molecular complexity index is 1180. The van der Waals surface area contributed by atoms with Gasteiger partial charge in [0.15, 0.2) is 0 Å². The molecule has 6 rings (SSSR count). The molecule has 1 fully saturated rings. The van der Waals surface area contributed by atoms with Crippen LogP contribution in [0.3, 0.4) is 0 Å². The van der Waals surface area contributed by atoms with Gasteiger partial charge in [-0.25, -0.2) is 5.01 Å². The Balaban J connectivity index is 1.47. The number of ether oxygens (including phenoxy) is 1. The summed E-state index contributed by atoms with van der Waals surface area (Å²) < 4.78 is 6.47. The van der Waals surface area contributed by atoms with Crippen LogP contribution in [-0.4, -0.2) is 15.8 Å². The third-order valence-corrected chi connectivity index (χ3v) is 6.60. The van der Waals surface area contributed by atoms with Crippen LogP contribution in [0.5, 0.6) is 11.5 Å². The van der Waals surface area contributed by atoms with Crippen molar-refractivity contribution in [1.82, 2.24) is 5.01 Å². The Kier molecular flexibility index (Phi) is 4.30. The topological polar surface area (TPSA) is 45.1 Å². The van der Waals surface area contributed by atoms with Crippen molar-refractivity contribution in [2.24, 2.45) is 11.0 Å². The summed E-state index contributed by atoms with van der Waals surface area (Å²) in [6, 6.07) is 26.4. The number of benzene rings is 3. The van der Waals surface area contributed by atoms with Crippen molar-refractivity contribution < 1.29 is 9.84 Å². The van der Waals surface area contributed by atoms with Gasteiger partial charge < -0.3 is 9.84 Å². The fraction of sp³-hybridized carbons (Fsp3) is 0.222. The highest BCUT2D eigenvalue weighted by Crippen LogP contribution is 2.52. The minimum Gasteiger partial charge on any atom is -0.507 e. The molecule has 154 valence electrons. The van der Waals surface area contributed by atoms with Gasteiger partial charge in [0, 0.05) is 22.6 Å². The number of rotatable bonds is 2. The van der Waals surface area contributed by atoms with Crippen molar-refractivity contribution in [3.8, 4) is 11.5 Å². The predicted molar refractivity (Wildman–Crippen MR) is 122 cm³/mol. The molecule has 1 N–H and O–H groups in total. The van der Waals surface area contributed by atoms with Gasteiger partial charge in [-0.05, 0) is 43.0 Å². The van der Waals surface area contributed by atoms with Crippen LogP contribution in [0.2, 0.25) is 0 Å². The van der Waals surface area contributed by atoms with Crippen LogP contribution < -0.4 is 4.74 Å². The molecule has 0 bridgehead atoms. The van der Waals surface area contributed by atoms with E-state index in [1.54, 1.807) is 6.07 Å². The molecule has 31 heavy (non-hydrogen) atoms. The Morgan fingerprint density at radius 1 is 0.935 bits per heavy atom. The minimum absolute atomic E-state index is 0.165. The lowest BCUT2D eigenvalue weighted by Gasteiger charge is -2.40. The number of aromatic hydroxyl groups is 1. The molecule has 3 aromatic carbocycles. The van der Waals surface area contributed by atoms with Crippen molar-refractivity contribution in [3.63, 3.8) is 0 Å². The molecule has 1 aliphatic carbocycles. The monoisotopic (exact) mass is 408 g/mol. The van der Waals surface area contributed by atoms with E-state index >= 15 is 0 Å². The van der Waals surface area contributed by atoms with E-state index in [9.17, 15) is 5.11 Å². The zero-order chi connectivity index (χ0) is 20.8. The highest BCUT2D eigenvalue weighted by atomic mass is 16.5. The summed E-state index contributed by atoms with van der Waals surface area (Å²) in [6.07, 6.45) is 5.07. The van der Waals surface area contributed by atoms with Gasteiger partial charge in [0.25, 0.3) is 0 Å². The second-order valence-corrected chi connectivity index (χ2v) is 8.46. The third kappa shape index (κ3) is 3.02. The zero-order valence-electron chi connectivity index (χ0n) is 17.2. The molecule has 0 spiro atoms. The first-order valence-corrected chi connectivity index (χ1v) is 11.0. The number of hydrogen-bond donors (Lipinski definition) is 1. The molecule has 3 unspecified atom stereocenters. The molecule has 0 radical (unpaired) electrons. The van der Waals surface area contributed by atoms with Crippen molar-refractivity contribution in [2.45, 2.75) is 31.5 Å². The number of allylic oxidation sites excluding steroid dienone is 1. The van der Waals surface area contributed by atoms with Crippen LogP contribution in [0.1, 0.15) is 48.2 Å². The number of hydrogen-bond acceptors (Lipinski definition) is 4. The first kappa shape index (κ1) is 18.3. The van der Waals surface area contributed by atoms with E-state index in [0.717, 1.165) is 41.9 Å². The SMILES string of the molecule is Oc1ccccc1/C=C1\CCCC2C1=NN1C(c3ccccc3)Oc3ccccc3C21. The van der Waals surface area contributed by atoms with Crippen LogP contribution >= 0.6 is 0 Å². The number of phenolic OH excluding ortho intramolecular Hbond substituents is 1. The average molecular weight is 409 g/mol. The lowest BCUT2D eigenvalue weighted by Crippen LogP contribution is -2.36. The second kappa shape index (κ2) is 7.31. The molecule has 0 saturated heterocycles. The maximum atomic E-state index is 10.3. The van der Waals surface area contributed by atoms with E-state index in [0.29, 0.717) is 11.7 Å². The summed E-state index contributed by atoms with van der Waals surface area (Å²) in [5.74, 6) is 1.58. The molecule has 4 heteroatoms. The first-order chi connectivity index (χ1) is 15.3. The second-order valence-electron chi connectivity index (χ2n) is 8.46. The number of fused-ring (bicyclic) bond motifs is 5. The van der Waals surface area contributed by atoms with Gasteiger partial charge in [0.1, 0.15) is 11.5 Å². The Hall–Kier alpha value is -3.53. The van der Waals surface area contributed by atoms with Gasteiger partial charge in [-0.2, -0.15) is 5.10 Å². The Morgan fingerprint density at radius 3 is 2.58 bits per heavy atom. The van der Waals surface area contributed by atoms with E-state index < -0.39 is 0 Å². The molecule has 2 heterocycles. The smallest absolute Gasteiger partial charge is 0.213 e. The summed E-state index contributed by atoms with van der Waals surface area (Å²) in [7, 11) is 0. The molecule has 3 atom stereocenters.